The molecular weight excluding hydrogens is 141 g/mol. The molecule has 8 heavy (non-hydrogen) atoms. The van der Waals surface area contributed by atoms with E-state index in [0.717, 1.165) is 5.75 Å². The molecule has 1 N–H and O–H groups in total. The minimum Gasteiger partial charge on any atom is -0.359 e. The zero-order chi connectivity index (χ0) is 6.41. The second-order valence-electron chi connectivity index (χ2n) is 1.29. The van der Waals surface area contributed by atoms with E-state index >= 15 is 0 Å². The molecule has 4 heteroatoms. The Hall–Kier alpha value is 0.250. The SMILES string of the molecule is CNC(=O)CCSP. The number of amides is 1. The lowest BCUT2D eigenvalue weighted by Gasteiger charge is -1.93. The summed E-state index contributed by atoms with van der Waals surface area (Å²) >= 11 is 1.60. The van der Waals surface area contributed by atoms with Crippen molar-refractivity contribution in [2.24, 2.45) is 0 Å². The third-order valence-electron chi connectivity index (χ3n) is 0.726. The highest BCUT2D eigenvalue weighted by molar-refractivity contribution is 8.43. The number of carbonyl (C=O) groups excluding carboxylic acids is 1. The van der Waals surface area contributed by atoms with Crippen LogP contribution in [0.3, 0.4) is 0 Å². The van der Waals surface area contributed by atoms with Crippen LogP contribution in [-0.2, 0) is 4.79 Å². The molecule has 0 heterocycles. The minimum atomic E-state index is 0.111. The van der Waals surface area contributed by atoms with Crippen LogP contribution >= 0.6 is 19.8 Å². The maximum absolute atomic E-state index is 10.4. The smallest absolute Gasteiger partial charge is 0.220 e. The van der Waals surface area contributed by atoms with Crippen LogP contribution in [0.5, 0.6) is 0 Å². The van der Waals surface area contributed by atoms with Gasteiger partial charge >= 0.3 is 0 Å². The zero-order valence-corrected chi connectivity index (χ0v) is 6.78. The van der Waals surface area contributed by atoms with Gasteiger partial charge in [0.05, 0.1) is 0 Å². The summed E-state index contributed by atoms with van der Waals surface area (Å²) in [5, 5.41) is 2.54. The lowest BCUT2D eigenvalue weighted by Crippen LogP contribution is -2.17. The Bertz CT molecular complexity index is 78.4. The molecule has 0 aromatic heterocycles. The molecule has 1 amide bonds. The van der Waals surface area contributed by atoms with Crippen LogP contribution in [0.4, 0.5) is 0 Å². The third kappa shape index (κ3) is 4.41. The van der Waals surface area contributed by atoms with Crippen molar-refractivity contribution in [3.8, 4) is 0 Å². The van der Waals surface area contributed by atoms with Gasteiger partial charge in [0.2, 0.25) is 5.91 Å². The Morgan fingerprint density at radius 3 is 2.88 bits per heavy atom. The summed E-state index contributed by atoms with van der Waals surface area (Å²) in [4.78, 5) is 10.4. The van der Waals surface area contributed by atoms with Gasteiger partial charge in [0, 0.05) is 19.2 Å². The minimum absolute atomic E-state index is 0.111. The normalized spacial score (nSPS) is 8.75. The Morgan fingerprint density at radius 1 is 1.88 bits per heavy atom. The number of nitrogens with one attached hydrogen (secondary N) is 1. The lowest BCUT2D eigenvalue weighted by molar-refractivity contribution is -0.120. The number of hydrogen-bond acceptors (Lipinski definition) is 2. The van der Waals surface area contributed by atoms with Crippen molar-refractivity contribution in [1.82, 2.24) is 5.32 Å². The predicted octanol–water partition coefficient (Wildman–Crippen LogP) is 0.646. The molecular formula is C4H10NOPS. The molecule has 0 radical (unpaired) electrons. The molecule has 0 aliphatic carbocycles. The summed E-state index contributed by atoms with van der Waals surface area (Å²) in [6.07, 6.45) is 0.616. The summed E-state index contributed by atoms with van der Waals surface area (Å²) in [5.41, 5.74) is 0. The molecule has 0 saturated heterocycles. The molecule has 0 aromatic carbocycles. The molecule has 48 valence electrons. The summed E-state index contributed by atoms with van der Waals surface area (Å²) in [5.74, 6) is 0.990. The van der Waals surface area contributed by atoms with Gasteiger partial charge in [-0.15, -0.1) is 11.4 Å². The van der Waals surface area contributed by atoms with Gasteiger partial charge in [-0.2, -0.15) is 0 Å². The molecule has 0 aliphatic rings. The van der Waals surface area contributed by atoms with E-state index in [1.165, 1.54) is 0 Å². The van der Waals surface area contributed by atoms with E-state index in [2.05, 4.69) is 13.8 Å². The monoisotopic (exact) mass is 151 g/mol. The van der Waals surface area contributed by atoms with E-state index in [0.29, 0.717) is 6.42 Å². The van der Waals surface area contributed by atoms with Gasteiger partial charge < -0.3 is 5.32 Å². The zero-order valence-electron chi connectivity index (χ0n) is 4.81. The van der Waals surface area contributed by atoms with E-state index in [9.17, 15) is 4.79 Å². The van der Waals surface area contributed by atoms with Crippen molar-refractivity contribution in [3.63, 3.8) is 0 Å². The Kier molecular flexibility index (Phi) is 5.56. The first-order valence-corrected chi connectivity index (χ1v) is 4.80. The Labute approximate surface area is 55.7 Å². The quantitative estimate of drug-likeness (QED) is 0.600. The fraction of sp³-hybridized carbons (Fsp3) is 0.750. The third-order valence-corrected chi connectivity index (χ3v) is 1.87. The fourth-order valence-electron chi connectivity index (χ4n) is 0.277. The molecule has 0 spiro atoms. The van der Waals surface area contributed by atoms with Gasteiger partial charge in [-0.25, -0.2) is 0 Å². The first-order valence-electron chi connectivity index (χ1n) is 2.33. The van der Waals surface area contributed by atoms with E-state index in [1.54, 1.807) is 18.4 Å². The highest BCUT2D eigenvalue weighted by Gasteiger charge is 1.93. The maximum atomic E-state index is 10.4. The van der Waals surface area contributed by atoms with Crippen molar-refractivity contribution >= 4 is 25.7 Å². The van der Waals surface area contributed by atoms with Crippen LogP contribution in [0.15, 0.2) is 0 Å². The molecule has 0 aliphatic heterocycles. The Morgan fingerprint density at radius 2 is 2.50 bits per heavy atom. The predicted molar refractivity (Wildman–Crippen MR) is 40.9 cm³/mol. The maximum Gasteiger partial charge on any atom is 0.220 e. The van der Waals surface area contributed by atoms with Crippen molar-refractivity contribution in [3.05, 3.63) is 0 Å². The number of rotatable bonds is 3. The molecule has 0 fully saturated rings. The van der Waals surface area contributed by atoms with Gasteiger partial charge in [-0.05, 0) is 0 Å². The van der Waals surface area contributed by atoms with Crippen molar-refractivity contribution in [2.75, 3.05) is 12.8 Å². The van der Waals surface area contributed by atoms with E-state index < -0.39 is 0 Å². The molecule has 0 saturated carbocycles. The highest BCUT2D eigenvalue weighted by atomic mass is 32.7. The molecule has 1 atom stereocenters. The second kappa shape index (κ2) is 5.39. The van der Waals surface area contributed by atoms with Gasteiger partial charge in [0.25, 0.3) is 0 Å². The highest BCUT2D eigenvalue weighted by Crippen LogP contribution is 2.10. The van der Waals surface area contributed by atoms with E-state index in [-0.39, 0.29) is 5.91 Å². The average Bonchev–Trinajstić information content (AvgIpc) is 1.83. The van der Waals surface area contributed by atoms with Crippen LogP contribution < -0.4 is 5.32 Å². The van der Waals surface area contributed by atoms with E-state index in [4.69, 9.17) is 0 Å². The van der Waals surface area contributed by atoms with Crippen LogP contribution in [0.25, 0.3) is 0 Å². The van der Waals surface area contributed by atoms with Crippen molar-refractivity contribution in [1.29, 1.82) is 0 Å². The summed E-state index contributed by atoms with van der Waals surface area (Å²) in [6, 6.07) is 0. The molecule has 0 aromatic rings. The van der Waals surface area contributed by atoms with Gasteiger partial charge in [0.1, 0.15) is 0 Å². The van der Waals surface area contributed by atoms with Gasteiger partial charge in [-0.1, -0.05) is 8.44 Å². The van der Waals surface area contributed by atoms with Crippen LogP contribution in [0, 0.1) is 0 Å². The van der Waals surface area contributed by atoms with Gasteiger partial charge in [0.15, 0.2) is 0 Å². The number of hydrogen-bond donors (Lipinski definition) is 1. The van der Waals surface area contributed by atoms with Crippen LogP contribution in [0.2, 0.25) is 0 Å². The lowest BCUT2D eigenvalue weighted by atomic mass is 10.5. The second-order valence-corrected chi connectivity index (χ2v) is 3.04. The first-order chi connectivity index (χ1) is 3.81. The molecule has 2 nitrogen and oxygen atoms in total. The summed E-state index contributed by atoms with van der Waals surface area (Å²) < 4.78 is 0. The summed E-state index contributed by atoms with van der Waals surface area (Å²) in [6.45, 7) is 0. The number of carbonyl (C=O) groups is 1. The summed E-state index contributed by atoms with van der Waals surface area (Å²) in [7, 11) is 4.15. The van der Waals surface area contributed by atoms with Crippen molar-refractivity contribution in [2.45, 2.75) is 6.42 Å². The van der Waals surface area contributed by atoms with Crippen LogP contribution in [0.1, 0.15) is 6.42 Å². The Balaban J connectivity index is 2.99. The standard InChI is InChI=1S/C4H10NOPS/c1-5-4(6)2-3-8-7/h2-3,7H2,1H3,(H,5,6). The van der Waals surface area contributed by atoms with Gasteiger partial charge in [-0.3, -0.25) is 4.79 Å². The first kappa shape index (κ1) is 8.25. The molecule has 0 bridgehead atoms. The molecule has 1 unspecified atom stereocenters. The largest absolute Gasteiger partial charge is 0.359 e. The fourth-order valence-corrected chi connectivity index (χ4v) is 0.933. The topological polar surface area (TPSA) is 29.1 Å². The average molecular weight is 151 g/mol. The molecule has 0 rings (SSSR count). The van der Waals surface area contributed by atoms with E-state index in [1.807, 2.05) is 0 Å². The van der Waals surface area contributed by atoms with Crippen molar-refractivity contribution < 1.29 is 4.79 Å². The van der Waals surface area contributed by atoms with Crippen LogP contribution in [-0.4, -0.2) is 18.7 Å².